The van der Waals surface area contributed by atoms with Gasteiger partial charge in [-0.3, -0.25) is 14.5 Å². The molecule has 2 heterocycles. The van der Waals surface area contributed by atoms with Crippen molar-refractivity contribution < 1.29 is 14.3 Å². The van der Waals surface area contributed by atoms with E-state index >= 15 is 0 Å². The zero-order chi connectivity index (χ0) is 25.1. The number of aromatic nitrogens is 1. The van der Waals surface area contributed by atoms with E-state index in [1.165, 1.54) is 12.7 Å². The van der Waals surface area contributed by atoms with E-state index in [4.69, 9.17) is 16.3 Å². The molecule has 1 fully saturated rings. The molecule has 1 amide bonds. The first-order chi connectivity index (χ1) is 17.5. The number of methoxy groups -OCH3 is 1. The van der Waals surface area contributed by atoms with Crippen molar-refractivity contribution in [2.75, 3.05) is 20.2 Å². The highest BCUT2D eigenvalue weighted by atomic mass is 35.5. The van der Waals surface area contributed by atoms with Gasteiger partial charge in [-0.1, -0.05) is 72.3 Å². The highest BCUT2D eigenvalue weighted by molar-refractivity contribution is 6.31. The van der Waals surface area contributed by atoms with Crippen LogP contribution in [0.1, 0.15) is 22.5 Å². The number of ether oxygens (including phenoxy) is 1. The van der Waals surface area contributed by atoms with Crippen molar-refractivity contribution in [1.29, 1.82) is 0 Å². The number of hydrogen-bond acceptors (Lipinski definition) is 4. The predicted octanol–water partition coefficient (Wildman–Crippen LogP) is 5.08. The smallest absolute Gasteiger partial charge is 0.323 e. The summed E-state index contributed by atoms with van der Waals surface area (Å²) in [6, 6.07) is 25.0. The fourth-order valence-corrected chi connectivity index (χ4v) is 5.22. The standard InChI is InChI=1S/C29H28ClN3O3/c1-36-29(35)25-17-22(18-33(25)15-14-19-8-4-2-5-9-19)31-28(34)27-26(20-10-6-3-7-11-20)23-16-21(30)12-13-24(23)32-27/h2-13,16,22,25,32H,14-15,17-18H2,1H3,(H,31,34)/t22-,25-/m0/s1. The third-order valence-corrected chi connectivity index (χ3v) is 7.03. The SMILES string of the molecule is COC(=O)[C@@H]1C[C@H](NC(=O)c2[nH]c3ccc(Cl)cc3c2-c2ccccc2)CN1CCc1ccccc1. The molecule has 184 valence electrons. The Morgan fingerprint density at radius 3 is 2.50 bits per heavy atom. The number of likely N-dealkylation sites (tertiary alicyclic amines) is 1. The monoisotopic (exact) mass is 501 g/mol. The molecule has 3 aromatic carbocycles. The Hall–Kier alpha value is -3.61. The Morgan fingerprint density at radius 1 is 1.06 bits per heavy atom. The number of aromatic amines is 1. The van der Waals surface area contributed by atoms with Crippen molar-refractivity contribution in [3.8, 4) is 11.1 Å². The highest BCUT2D eigenvalue weighted by Gasteiger charge is 2.38. The van der Waals surface area contributed by atoms with E-state index in [-0.39, 0.29) is 24.0 Å². The third-order valence-electron chi connectivity index (χ3n) is 6.79. The summed E-state index contributed by atoms with van der Waals surface area (Å²) in [5, 5.41) is 4.66. The van der Waals surface area contributed by atoms with E-state index in [0.29, 0.717) is 30.2 Å². The molecule has 0 unspecified atom stereocenters. The number of amides is 1. The third kappa shape index (κ3) is 5.01. The number of carbonyl (C=O) groups excluding carboxylic acids is 2. The van der Waals surface area contributed by atoms with Gasteiger partial charge in [-0.25, -0.2) is 0 Å². The van der Waals surface area contributed by atoms with Crippen LogP contribution in [0, 0.1) is 0 Å². The quantitative estimate of drug-likeness (QED) is 0.346. The molecule has 0 aliphatic carbocycles. The van der Waals surface area contributed by atoms with Crippen molar-refractivity contribution in [2.45, 2.75) is 24.9 Å². The molecule has 0 bridgehead atoms. The Balaban J connectivity index is 1.38. The van der Waals surface area contributed by atoms with Gasteiger partial charge < -0.3 is 15.0 Å². The van der Waals surface area contributed by atoms with Crippen LogP contribution < -0.4 is 5.32 Å². The molecule has 1 aliphatic rings. The molecule has 2 N–H and O–H groups in total. The summed E-state index contributed by atoms with van der Waals surface area (Å²) in [6.07, 6.45) is 1.32. The van der Waals surface area contributed by atoms with Crippen molar-refractivity contribution in [3.63, 3.8) is 0 Å². The van der Waals surface area contributed by atoms with Crippen molar-refractivity contribution >= 4 is 34.4 Å². The van der Waals surface area contributed by atoms with Gasteiger partial charge in [0.05, 0.1) is 7.11 Å². The number of halogens is 1. The van der Waals surface area contributed by atoms with Gasteiger partial charge in [-0.15, -0.1) is 0 Å². The van der Waals surface area contributed by atoms with Crippen LogP contribution in [-0.4, -0.2) is 54.0 Å². The summed E-state index contributed by atoms with van der Waals surface area (Å²) >= 11 is 6.29. The maximum absolute atomic E-state index is 13.6. The number of fused-ring (bicyclic) bond motifs is 1. The number of esters is 1. The predicted molar refractivity (Wildman–Crippen MR) is 142 cm³/mol. The molecule has 1 aliphatic heterocycles. The minimum absolute atomic E-state index is 0.184. The van der Waals surface area contributed by atoms with Gasteiger partial charge in [0.15, 0.2) is 0 Å². The van der Waals surface area contributed by atoms with Crippen LogP contribution in [0.2, 0.25) is 5.02 Å². The maximum Gasteiger partial charge on any atom is 0.323 e. The first kappa shape index (κ1) is 24.1. The van der Waals surface area contributed by atoms with Crippen LogP contribution in [-0.2, 0) is 16.0 Å². The van der Waals surface area contributed by atoms with Gasteiger partial charge in [0.1, 0.15) is 11.7 Å². The normalized spacial score (nSPS) is 17.8. The minimum Gasteiger partial charge on any atom is -0.468 e. The summed E-state index contributed by atoms with van der Waals surface area (Å²) in [5.74, 6) is -0.482. The van der Waals surface area contributed by atoms with E-state index in [0.717, 1.165) is 28.5 Å². The fraction of sp³-hybridized carbons (Fsp3) is 0.241. The molecule has 2 atom stereocenters. The van der Waals surface area contributed by atoms with Gasteiger partial charge in [0.2, 0.25) is 0 Å². The fourth-order valence-electron chi connectivity index (χ4n) is 5.05. The van der Waals surface area contributed by atoms with E-state index < -0.39 is 0 Å². The molecular weight excluding hydrogens is 474 g/mol. The Morgan fingerprint density at radius 2 is 1.78 bits per heavy atom. The lowest BCUT2D eigenvalue weighted by Crippen LogP contribution is -2.39. The lowest BCUT2D eigenvalue weighted by atomic mass is 10.0. The lowest BCUT2D eigenvalue weighted by molar-refractivity contribution is -0.145. The Bertz CT molecular complexity index is 1370. The highest BCUT2D eigenvalue weighted by Crippen LogP contribution is 2.34. The van der Waals surface area contributed by atoms with Gasteiger partial charge in [-0.05, 0) is 42.2 Å². The number of rotatable bonds is 7. The number of benzene rings is 3. The Kier molecular flexibility index (Phi) is 7.07. The summed E-state index contributed by atoms with van der Waals surface area (Å²) < 4.78 is 5.07. The van der Waals surface area contributed by atoms with Crippen LogP contribution in [0.3, 0.4) is 0 Å². The first-order valence-electron chi connectivity index (χ1n) is 12.1. The molecule has 7 heteroatoms. The summed E-state index contributed by atoms with van der Waals surface area (Å²) in [4.78, 5) is 31.5. The second-order valence-corrected chi connectivity index (χ2v) is 9.54. The van der Waals surface area contributed by atoms with Crippen LogP contribution in [0.5, 0.6) is 0 Å². The number of nitrogens with one attached hydrogen (secondary N) is 2. The molecule has 0 radical (unpaired) electrons. The maximum atomic E-state index is 13.6. The molecule has 4 aromatic rings. The molecule has 36 heavy (non-hydrogen) atoms. The topological polar surface area (TPSA) is 74.4 Å². The van der Waals surface area contributed by atoms with Gasteiger partial charge in [-0.2, -0.15) is 0 Å². The second-order valence-electron chi connectivity index (χ2n) is 9.11. The average molecular weight is 502 g/mol. The van der Waals surface area contributed by atoms with Crippen molar-refractivity contribution in [1.82, 2.24) is 15.2 Å². The first-order valence-corrected chi connectivity index (χ1v) is 12.4. The molecule has 0 spiro atoms. The molecule has 6 nitrogen and oxygen atoms in total. The van der Waals surface area contributed by atoms with Crippen LogP contribution in [0.15, 0.2) is 78.9 Å². The van der Waals surface area contributed by atoms with E-state index in [1.54, 1.807) is 6.07 Å². The lowest BCUT2D eigenvalue weighted by Gasteiger charge is -2.22. The van der Waals surface area contributed by atoms with E-state index in [2.05, 4.69) is 27.3 Å². The van der Waals surface area contributed by atoms with Crippen molar-refractivity contribution in [2.24, 2.45) is 0 Å². The van der Waals surface area contributed by atoms with Crippen molar-refractivity contribution in [3.05, 3.63) is 95.1 Å². The van der Waals surface area contributed by atoms with Gasteiger partial charge in [0.25, 0.3) is 5.91 Å². The van der Waals surface area contributed by atoms with Gasteiger partial charge in [0, 0.05) is 40.6 Å². The molecular formula is C29H28ClN3O3. The zero-order valence-electron chi connectivity index (χ0n) is 20.0. The number of H-pyrrole nitrogens is 1. The van der Waals surface area contributed by atoms with E-state index in [9.17, 15) is 9.59 Å². The average Bonchev–Trinajstić information content (AvgIpc) is 3.49. The zero-order valence-corrected chi connectivity index (χ0v) is 20.8. The van der Waals surface area contributed by atoms with Crippen LogP contribution >= 0.6 is 11.6 Å². The Labute approximate surface area is 215 Å². The second kappa shape index (κ2) is 10.6. The number of carbonyl (C=O) groups is 2. The molecule has 1 aromatic heterocycles. The summed E-state index contributed by atoms with van der Waals surface area (Å²) in [5.41, 5.74) is 4.27. The largest absolute Gasteiger partial charge is 0.468 e. The van der Waals surface area contributed by atoms with Gasteiger partial charge >= 0.3 is 5.97 Å². The summed E-state index contributed by atoms with van der Waals surface area (Å²) in [7, 11) is 1.41. The molecule has 1 saturated heterocycles. The summed E-state index contributed by atoms with van der Waals surface area (Å²) in [6.45, 7) is 1.28. The minimum atomic E-state index is -0.390. The van der Waals surface area contributed by atoms with E-state index in [1.807, 2.05) is 60.7 Å². The number of nitrogens with zero attached hydrogens (tertiary/aromatic N) is 1. The number of hydrogen-bond donors (Lipinski definition) is 2. The molecule has 0 saturated carbocycles. The van der Waals surface area contributed by atoms with Crippen LogP contribution in [0.4, 0.5) is 0 Å². The van der Waals surface area contributed by atoms with Crippen LogP contribution in [0.25, 0.3) is 22.0 Å². The molecule has 5 rings (SSSR count).